The van der Waals surface area contributed by atoms with Gasteiger partial charge >= 0.3 is 0 Å². The Morgan fingerprint density at radius 3 is 2.78 bits per heavy atom. The van der Waals surface area contributed by atoms with E-state index in [-0.39, 0.29) is 17.5 Å². The number of ether oxygens (including phenoxy) is 1. The number of aliphatic hydroxyl groups is 1. The van der Waals surface area contributed by atoms with Crippen LogP contribution in [-0.4, -0.2) is 29.9 Å². The molecule has 0 amide bonds. The molecule has 0 saturated heterocycles. The molecule has 18 heavy (non-hydrogen) atoms. The molecule has 0 heterocycles. The standard InChI is InChI=1S/C14H16O4/c1-18-12-5-3-2-4-11(12)14(17)13(16)9-6-7-10(15)8-9/h2-5,9,13,16H,6-8H2,1H3/t9-,13-/m1/s1. The Morgan fingerprint density at radius 1 is 1.44 bits per heavy atom. The van der Waals surface area contributed by atoms with Crippen LogP contribution in [0, 0.1) is 5.92 Å². The van der Waals surface area contributed by atoms with E-state index in [9.17, 15) is 14.7 Å². The van der Waals surface area contributed by atoms with Crippen LogP contribution in [0.5, 0.6) is 5.75 Å². The molecule has 1 aromatic carbocycles. The van der Waals surface area contributed by atoms with Crippen LogP contribution in [0.1, 0.15) is 29.6 Å². The maximum Gasteiger partial charge on any atom is 0.195 e. The molecule has 4 heteroatoms. The van der Waals surface area contributed by atoms with Crippen molar-refractivity contribution in [3.63, 3.8) is 0 Å². The molecule has 0 bridgehead atoms. The van der Waals surface area contributed by atoms with Gasteiger partial charge in [0, 0.05) is 12.8 Å². The molecule has 1 N–H and O–H groups in total. The molecule has 0 unspecified atom stereocenters. The summed E-state index contributed by atoms with van der Waals surface area (Å²) >= 11 is 0. The summed E-state index contributed by atoms with van der Waals surface area (Å²) in [4.78, 5) is 23.4. The molecule has 1 saturated carbocycles. The molecule has 1 aromatic rings. The minimum atomic E-state index is -1.12. The Bertz CT molecular complexity index is 467. The van der Waals surface area contributed by atoms with Gasteiger partial charge in [0.05, 0.1) is 12.7 Å². The summed E-state index contributed by atoms with van der Waals surface area (Å²) in [5, 5.41) is 10.1. The molecule has 2 atom stereocenters. The Morgan fingerprint density at radius 2 is 2.17 bits per heavy atom. The van der Waals surface area contributed by atoms with Crippen LogP contribution in [0.4, 0.5) is 0 Å². The molecule has 1 aliphatic rings. The van der Waals surface area contributed by atoms with Gasteiger partial charge in [0.15, 0.2) is 5.78 Å². The lowest BCUT2D eigenvalue weighted by atomic mass is 9.93. The van der Waals surface area contributed by atoms with Gasteiger partial charge < -0.3 is 9.84 Å². The van der Waals surface area contributed by atoms with Crippen LogP contribution < -0.4 is 4.74 Å². The summed E-state index contributed by atoms with van der Waals surface area (Å²) in [6.07, 6.45) is 0.219. The normalized spacial score (nSPS) is 20.8. The summed E-state index contributed by atoms with van der Waals surface area (Å²) in [5.74, 6) is -0.0557. The zero-order chi connectivity index (χ0) is 13.1. The van der Waals surface area contributed by atoms with Gasteiger partial charge in [-0.15, -0.1) is 0 Å². The fourth-order valence-corrected chi connectivity index (χ4v) is 2.33. The second kappa shape index (κ2) is 5.31. The third kappa shape index (κ3) is 2.43. The Kier molecular flexibility index (Phi) is 3.77. The van der Waals surface area contributed by atoms with Crippen LogP contribution in [0.2, 0.25) is 0 Å². The van der Waals surface area contributed by atoms with Crippen molar-refractivity contribution in [1.82, 2.24) is 0 Å². The largest absolute Gasteiger partial charge is 0.496 e. The van der Waals surface area contributed by atoms with Crippen molar-refractivity contribution in [3.8, 4) is 5.75 Å². The first-order valence-corrected chi connectivity index (χ1v) is 6.00. The van der Waals surface area contributed by atoms with E-state index in [1.54, 1.807) is 24.3 Å². The Balaban J connectivity index is 2.17. The van der Waals surface area contributed by atoms with Gasteiger partial charge in [0.1, 0.15) is 17.6 Å². The first-order valence-electron chi connectivity index (χ1n) is 6.00. The van der Waals surface area contributed by atoms with E-state index in [1.165, 1.54) is 7.11 Å². The third-order valence-electron chi connectivity index (χ3n) is 3.37. The van der Waals surface area contributed by atoms with Crippen molar-refractivity contribution < 1.29 is 19.4 Å². The van der Waals surface area contributed by atoms with E-state index >= 15 is 0 Å². The lowest BCUT2D eigenvalue weighted by Crippen LogP contribution is -2.28. The number of carbonyl (C=O) groups excluding carboxylic acids is 2. The molecule has 1 aliphatic carbocycles. The highest BCUT2D eigenvalue weighted by Crippen LogP contribution is 2.29. The second-order valence-electron chi connectivity index (χ2n) is 4.55. The molecular weight excluding hydrogens is 232 g/mol. The van der Waals surface area contributed by atoms with Crippen LogP contribution in [-0.2, 0) is 4.79 Å². The molecule has 2 rings (SSSR count). The monoisotopic (exact) mass is 248 g/mol. The number of methoxy groups -OCH3 is 1. The average Bonchev–Trinajstić information content (AvgIpc) is 2.83. The lowest BCUT2D eigenvalue weighted by molar-refractivity contribution is -0.117. The highest BCUT2D eigenvalue weighted by atomic mass is 16.5. The van der Waals surface area contributed by atoms with Crippen LogP contribution >= 0.6 is 0 Å². The number of benzene rings is 1. The van der Waals surface area contributed by atoms with Crippen molar-refractivity contribution in [3.05, 3.63) is 29.8 Å². The van der Waals surface area contributed by atoms with E-state index in [0.717, 1.165) is 0 Å². The van der Waals surface area contributed by atoms with Crippen molar-refractivity contribution in [2.24, 2.45) is 5.92 Å². The summed E-state index contributed by atoms with van der Waals surface area (Å²) in [6, 6.07) is 6.80. The average molecular weight is 248 g/mol. The molecule has 96 valence electrons. The number of rotatable bonds is 4. The van der Waals surface area contributed by atoms with E-state index < -0.39 is 6.10 Å². The lowest BCUT2D eigenvalue weighted by Gasteiger charge is -2.17. The van der Waals surface area contributed by atoms with Crippen molar-refractivity contribution >= 4 is 11.6 Å². The fourth-order valence-electron chi connectivity index (χ4n) is 2.33. The Labute approximate surface area is 106 Å². The van der Waals surface area contributed by atoms with Crippen molar-refractivity contribution in [1.29, 1.82) is 0 Å². The number of ketones is 2. The van der Waals surface area contributed by atoms with E-state index in [1.807, 2.05) is 0 Å². The molecule has 4 nitrogen and oxygen atoms in total. The van der Waals surface area contributed by atoms with Gasteiger partial charge in [-0.2, -0.15) is 0 Å². The summed E-state index contributed by atoms with van der Waals surface area (Å²) in [6.45, 7) is 0. The number of carbonyl (C=O) groups is 2. The topological polar surface area (TPSA) is 63.6 Å². The number of hydrogen-bond acceptors (Lipinski definition) is 4. The van der Waals surface area contributed by atoms with Crippen molar-refractivity contribution in [2.75, 3.05) is 7.11 Å². The number of hydrogen-bond donors (Lipinski definition) is 1. The van der Waals surface area contributed by atoms with Gasteiger partial charge in [-0.1, -0.05) is 12.1 Å². The number of aliphatic hydroxyl groups excluding tert-OH is 1. The van der Waals surface area contributed by atoms with E-state index in [2.05, 4.69) is 0 Å². The second-order valence-corrected chi connectivity index (χ2v) is 4.55. The molecule has 0 aromatic heterocycles. The highest BCUT2D eigenvalue weighted by Gasteiger charge is 2.33. The minimum absolute atomic E-state index is 0.117. The molecule has 0 aliphatic heterocycles. The van der Waals surface area contributed by atoms with E-state index in [0.29, 0.717) is 30.6 Å². The minimum Gasteiger partial charge on any atom is -0.496 e. The number of para-hydroxylation sites is 1. The van der Waals surface area contributed by atoms with Gasteiger partial charge in [0.25, 0.3) is 0 Å². The van der Waals surface area contributed by atoms with Gasteiger partial charge in [-0.3, -0.25) is 9.59 Å². The van der Waals surface area contributed by atoms with Crippen LogP contribution in [0.15, 0.2) is 24.3 Å². The predicted octanol–water partition coefficient (Wildman–Crippen LogP) is 1.61. The van der Waals surface area contributed by atoms with Crippen molar-refractivity contribution in [2.45, 2.75) is 25.4 Å². The third-order valence-corrected chi connectivity index (χ3v) is 3.37. The number of Topliss-reactive ketones (excluding diaryl/α,β-unsaturated/α-hetero) is 2. The van der Waals surface area contributed by atoms with Gasteiger partial charge in [-0.05, 0) is 24.5 Å². The van der Waals surface area contributed by atoms with Crippen LogP contribution in [0.3, 0.4) is 0 Å². The summed E-state index contributed by atoms with van der Waals surface area (Å²) in [7, 11) is 1.48. The molecular formula is C14H16O4. The maximum absolute atomic E-state index is 12.2. The zero-order valence-corrected chi connectivity index (χ0v) is 10.3. The predicted molar refractivity (Wildman–Crippen MR) is 65.7 cm³/mol. The smallest absolute Gasteiger partial charge is 0.195 e. The first kappa shape index (κ1) is 12.8. The van der Waals surface area contributed by atoms with Gasteiger partial charge in [0.2, 0.25) is 0 Å². The van der Waals surface area contributed by atoms with Gasteiger partial charge in [-0.25, -0.2) is 0 Å². The highest BCUT2D eigenvalue weighted by molar-refractivity contribution is 6.02. The maximum atomic E-state index is 12.2. The molecule has 1 fully saturated rings. The zero-order valence-electron chi connectivity index (χ0n) is 10.3. The van der Waals surface area contributed by atoms with Crippen LogP contribution in [0.25, 0.3) is 0 Å². The fraction of sp³-hybridized carbons (Fsp3) is 0.429. The summed E-state index contributed by atoms with van der Waals surface area (Å²) < 4.78 is 5.10. The quantitative estimate of drug-likeness (QED) is 0.822. The first-order chi connectivity index (χ1) is 8.63. The molecule has 0 spiro atoms. The Hall–Kier alpha value is -1.68. The molecule has 0 radical (unpaired) electrons. The van der Waals surface area contributed by atoms with E-state index in [4.69, 9.17) is 4.74 Å². The SMILES string of the molecule is COc1ccccc1C(=O)[C@H](O)[C@@H]1CCC(=O)C1. The summed E-state index contributed by atoms with van der Waals surface area (Å²) in [5.41, 5.74) is 0.367.